The average molecular weight is 404 g/mol. The molecule has 1 amide bonds. The van der Waals surface area contributed by atoms with Crippen molar-refractivity contribution in [1.82, 2.24) is 14.2 Å². The van der Waals surface area contributed by atoms with Gasteiger partial charge in [0.15, 0.2) is 0 Å². The number of piperazine rings is 1. The number of carbonyl (C=O) groups excluding carboxylic acids is 1. The summed E-state index contributed by atoms with van der Waals surface area (Å²) in [6, 6.07) is 8.67. The van der Waals surface area contributed by atoms with Crippen LogP contribution in [0.2, 0.25) is 0 Å². The third-order valence-corrected chi connectivity index (χ3v) is 6.81. The average Bonchev–Trinajstić information content (AvgIpc) is 2.68. The molecule has 1 aromatic carbocycles. The van der Waals surface area contributed by atoms with Crippen molar-refractivity contribution in [2.75, 3.05) is 32.8 Å². The monoisotopic (exact) mass is 403 g/mol. The molecule has 150 valence electrons. The summed E-state index contributed by atoms with van der Waals surface area (Å²) in [5, 5.41) is 0. The van der Waals surface area contributed by atoms with Gasteiger partial charge >= 0.3 is 0 Å². The van der Waals surface area contributed by atoms with Gasteiger partial charge in [-0.25, -0.2) is 13.4 Å². The van der Waals surface area contributed by atoms with Crippen molar-refractivity contribution >= 4 is 15.9 Å². The van der Waals surface area contributed by atoms with Gasteiger partial charge in [0.2, 0.25) is 15.9 Å². The molecule has 3 rings (SSSR count). The summed E-state index contributed by atoms with van der Waals surface area (Å²) in [7, 11) is -3.57. The van der Waals surface area contributed by atoms with Crippen molar-refractivity contribution in [3.8, 4) is 5.88 Å². The fourth-order valence-corrected chi connectivity index (χ4v) is 4.91. The molecule has 0 unspecified atom stereocenters. The molecule has 1 aliphatic heterocycles. The van der Waals surface area contributed by atoms with Gasteiger partial charge in [0, 0.05) is 38.4 Å². The number of nitrogens with zero attached hydrogens (tertiary/aromatic N) is 3. The Labute approximate surface area is 166 Å². The van der Waals surface area contributed by atoms with Crippen LogP contribution < -0.4 is 4.74 Å². The van der Waals surface area contributed by atoms with E-state index < -0.39 is 10.0 Å². The van der Waals surface area contributed by atoms with Crippen molar-refractivity contribution in [3.63, 3.8) is 0 Å². The van der Waals surface area contributed by atoms with Crippen LogP contribution in [0.25, 0.3) is 0 Å². The molecule has 2 aromatic rings. The Balaban J connectivity index is 1.67. The zero-order chi connectivity index (χ0) is 20.3. The number of sulfonamides is 1. The summed E-state index contributed by atoms with van der Waals surface area (Å²) in [6.07, 6.45) is 1.49. The van der Waals surface area contributed by atoms with Crippen LogP contribution in [-0.4, -0.2) is 61.3 Å². The van der Waals surface area contributed by atoms with Crippen LogP contribution in [-0.2, 0) is 10.0 Å². The lowest BCUT2D eigenvalue weighted by atomic mass is 10.2. The van der Waals surface area contributed by atoms with Crippen LogP contribution >= 0.6 is 0 Å². The molecular weight excluding hydrogens is 378 g/mol. The van der Waals surface area contributed by atoms with Gasteiger partial charge in [-0.3, -0.25) is 4.79 Å². The van der Waals surface area contributed by atoms with Crippen molar-refractivity contribution < 1.29 is 17.9 Å². The molecular formula is C20H25N3O4S. The fraction of sp³-hybridized carbons (Fsp3) is 0.400. The van der Waals surface area contributed by atoms with Crippen molar-refractivity contribution in [2.24, 2.45) is 0 Å². The summed E-state index contributed by atoms with van der Waals surface area (Å²) < 4.78 is 32.7. The van der Waals surface area contributed by atoms with E-state index in [2.05, 4.69) is 4.98 Å². The lowest BCUT2D eigenvalue weighted by Gasteiger charge is -2.34. The topological polar surface area (TPSA) is 79.8 Å². The molecule has 0 aliphatic carbocycles. The van der Waals surface area contributed by atoms with E-state index in [-0.39, 0.29) is 19.0 Å². The molecule has 2 heterocycles. The Morgan fingerprint density at radius 3 is 2.39 bits per heavy atom. The smallest absolute Gasteiger partial charge is 0.255 e. The second-order valence-electron chi connectivity index (χ2n) is 6.78. The third kappa shape index (κ3) is 4.18. The highest BCUT2D eigenvalue weighted by atomic mass is 32.2. The van der Waals surface area contributed by atoms with E-state index in [9.17, 15) is 13.2 Å². The maximum absolute atomic E-state index is 13.0. The van der Waals surface area contributed by atoms with Gasteiger partial charge in [-0.1, -0.05) is 17.7 Å². The second-order valence-corrected chi connectivity index (χ2v) is 8.69. The normalized spacial score (nSPS) is 15.5. The number of carbonyl (C=O) groups is 1. The summed E-state index contributed by atoms with van der Waals surface area (Å²) >= 11 is 0. The van der Waals surface area contributed by atoms with Gasteiger partial charge in [-0.15, -0.1) is 0 Å². The van der Waals surface area contributed by atoms with Crippen LogP contribution in [0, 0.1) is 13.8 Å². The predicted octanol–water partition coefficient (Wildman–Crippen LogP) is 2.24. The molecule has 1 aliphatic rings. The van der Waals surface area contributed by atoms with Gasteiger partial charge in [-0.05, 0) is 38.5 Å². The quantitative estimate of drug-likeness (QED) is 0.765. The molecule has 1 aromatic heterocycles. The SMILES string of the molecule is CCOc1ccc(C(=O)N2CCN(S(=O)(=O)c3ccc(C)cc3C)CC2)cn1. The first kappa shape index (κ1) is 20.3. The third-order valence-electron chi connectivity index (χ3n) is 4.75. The lowest BCUT2D eigenvalue weighted by molar-refractivity contribution is 0.0697. The Morgan fingerprint density at radius 1 is 1.11 bits per heavy atom. The highest BCUT2D eigenvalue weighted by molar-refractivity contribution is 7.89. The predicted molar refractivity (Wildman–Crippen MR) is 106 cm³/mol. The van der Waals surface area contributed by atoms with E-state index in [0.29, 0.717) is 36.0 Å². The summed E-state index contributed by atoms with van der Waals surface area (Å²) in [6.45, 7) is 7.34. The zero-order valence-electron chi connectivity index (χ0n) is 16.4. The largest absolute Gasteiger partial charge is 0.478 e. The van der Waals surface area contributed by atoms with Crippen molar-refractivity contribution in [3.05, 3.63) is 53.2 Å². The molecule has 1 saturated heterocycles. The molecule has 0 bridgehead atoms. The first-order valence-corrected chi connectivity index (χ1v) is 10.7. The van der Waals surface area contributed by atoms with E-state index in [1.165, 1.54) is 10.5 Å². The van der Waals surface area contributed by atoms with Gasteiger partial charge in [-0.2, -0.15) is 4.31 Å². The van der Waals surface area contributed by atoms with Crippen LogP contribution in [0.15, 0.2) is 41.4 Å². The molecule has 0 atom stereocenters. The number of hydrogen-bond acceptors (Lipinski definition) is 5. The molecule has 8 heteroatoms. The molecule has 0 radical (unpaired) electrons. The van der Waals surface area contributed by atoms with Gasteiger partial charge < -0.3 is 9.64 Å². The number of amides is 1. The number of pyridine rings is 1. The molecule has 0 N–H and O–H groups in total. The number of aryl methyl sites for hydroxylation is 2. The molecule has 0 spiro atoms. The Morgan fingerprint density at radius 2 is 1.82 bits per heavy atom. The minimum absolute atomic E-state index is 0.154. The van der Waals surface area contributed by atoms with E-state index >= 15 is 0 Å². The number of rotatable bonds is 5. The summed E-state index contributed by atoms with van der Waals surface area (Å²) in [5.41, 5.74) is 2.23. The number of hydrogen-bond donors (Lipinski definition) is 0. The first-order valence-electron chi connectivity index (χ1n) is 9.28. The van der Waals surface area contributed by atoms with Crippen molar-refractivity contribution in [2.45, 2.75) is 25.7 Å². The number of benzene rings is 1. The summed E-state index contributed by atoms with van der Waals surface area (Å²) in [4.78, 5) is 18.8. The van der Waals surface area contributed by atoms with Gasteiger partial charge in [0.1, 0.15) is 0 Å². The second kappa shape index (κ2) is 8.28. The maximum atomic E-state index is 13.0. The van der Waals surface area contributed by atoms with E-state index in [1.54, 1.807) is 36.1 Å². The Kier molecular flexibility index (Phi) is 6.00. The Hall–Kier alpha value is -2.45. The molecule has 7 nitrogen and oxygen atoms in total. The highest BCUT2D eigenvalue weighted by Crippen LogP contribution is 2.22. The van der Waals surface area contributed by atoms with Crippen LogP contribution in [0.1, 0.15) is 28.4 Å². The standard InChI is InChI=1S/C20H25N3O4S/c1-4-27-19-8-6-17(14-21-19)20(24)22-9-11-23(12-10-22)28(25,26)18-7-5-15(2)13-16(18)3/h5-8,13-14H,4,9-12H2,1-3H3. The molecule has 0 saturated carbocycles. The van der Waals surface area contributed by atoms with Crippen LogP contribution in [0.5, 0.6) is 5.88 Å². The zero-order valence-corrected chi connectivity index (χ0v) is 17.2. The first-order chi connectivity index (χ1) is 13.3. The minimum atomic E-state index is -3.57. The lowest BCUT2D eigenvalue weighted by Crippen LogP contribution is -2.50. The van der Waals surface area contributed by atoms with Crippen LogP contribution in [0.4, 0.5) is 0 Å². The number of ether oxygens (including phenoxy) is 1. The van der Waals surface area contributed by atoms with E-state index in [4.69, 9.17) is 4.74 Å². The molecule has 1 fully saturated rings. The fourth-order valence-electron chi connectivity index (χ4n) is 3.28. The van der Waals surface area contributed by atoms with E-state index in [1.807, 2.05) is 19.9 Å². The number of aromatic nitrogens is 1. The Bertz CT molecular complexity index is 950. The molecule has 28 heavy (non-hydrogen) atoms. The summed E-state index contributed by atoms with van der Waals surface area (Å²) in [5.74, 6) is 0.322. The van der Waals surface area contributed by atoms with Gasteiger partial charge in [0.25, 0.3) is 5.91 Å². The van der Waals surface area contributed by atoms with Crippen molar-refractivity contribution in [1.29, 1.82) is 0 Å². The maximum Gasteiger partial charge on any atom is 0.255 e. The minimum Gasteiger partial charge on any atom is -0.478 e. The van der Waals surface area contributed by atoms with E-state index in [0.717, 1.165) is 11.1 Å². The highest BCUT2D eigenvalue weighted by Gasteiger charge is 2.31. The van der Waals surface area contributed by atoms with Gasteiger partial charge in [0.05, 0.1) is 17.1 Å². The van der Waals surface area contributed by atoms with Crippen LogP contribution in [0.3, 0.4) is 0 Å².